The molecule has 5 nitrogen and oxygen atoms in total. The van der Waals surface area contributed by atoms with Crippen LogP contribution in [-0.4, -0.2) is 14.5 Å². The van der Waals surface area contributed by atoms with Crippen molar-refractivity contribution in [2.75, 3.05) is 0 Å². The van der Waals surface area contributed by atoms with Gasteiger partial charge in [0.15, 0.2) is 10.9 Å². The molecule has 0 saturated carbocycles. The molecule has 1 aromatic carbocycles. The zero-order valence-corrected chi connectivity index (χ0v) is 9.65. The van der Waals surface area contributed by atoms with Crippen LogP contribution in [0.5, 0.6) is 0 Å². The number of benzene rings is 1. The van der Waals surface area contributed by atoms with Crippen LogP contribution >= 0.6 is 11.6 Å². The van der Waals surface area contributed by atoms with Crippen LogP contribution in [0, 0.1) is 0 Å². The second kappa shape index (κ2) is 3.49. The second-order valence-corrected chi connectivity index (χ2v) is 4.06. The molecule has 3 rings (SSSR count). The minimum atomic E-state index is -0.375. The van der Waals surface area contributed by atoms with Gasteiger partial charge in [0.05, 0.1) is 17.4 Å². The lowest BCUT2D eigenvalue weighted by atomic mass is 10.1. The molecule has 0 radical (unpaired) electrons. The first-order chi connectivity index (χ1) is 8.15. The number of nitrogens with one attached hydrogen (secondary N) is 1. The van der Waals surface area contributed by atoms with Crippen molar-refractivity contribution < 1.29 is 4.42 Å². The lowest BCUT2D eigenvalue weighted by Gasteiger charge is -1.97. The van der Waals surface area contributed by atoms with E-state index in [1.807, 2.05) is 12.1 Å². The summed E-state index contributed by atoms with van der Waals surface area (Å²) in [5.74, 6) is -0.375. The lowest BCUT2D eigenvalue weighted by Crippen LogP contribution is -2.08. The fourth-order valence-corrected chi connectivity index (χ4v) is 1.89. The molecule has 2 aromatic heterocycles. The van der Waals surface area contributed by atoms with Gasteiger partial charge in [0.25, 0.3) is 0 Å². The van der Waals surface area contributed by atoms with Gasteiger partial charge >= 0.3 is 5.76 Å². The highest BCUT2D eigenvalue weighted by Gasteiger charge is 2.08. The number of hydrogen-bond donors (Lipinski definition) is 1. The van der Waals surface area contributed by atoms with Crippen molar-refractivity contribution >= 4 is 22.7 Å². The van der Waals surface area contributed by atoms with Gasteiger partial charge < -0.3 is 9.40 Å². The molecular weight excluding hydrogens is 242 g/mol. The Bertz CT molecular complexity index is 754. The quantitative estimate of drug-likeness (QED) is 0.719. The zero-order valence-electron chi connectivity index (χ0n) is 8.90. The molecule has 2 heterocycles. The van der Waals surface area contributed by atoms with Crippen LogP contribution in [0.1, 0.15) is 0 Å². The smallest absolute Gasteiger partial charge is 0.408 e. The average molecular weight is 250 g/mol. The molecule has 0 aliphatic carbocycles. The number of oxazole rings is 1. The highest BCUT2D eigenvalue weighted by Crippen LogP contribution is 2.23. The van der Waals surface area contributed by atoms with Crippen molar-refractivity contribution in [2.45, 2.75) is 0 Å². The molecule has 0 amide bonds. The summed E-state index contributed by atoms with van der Waals surface area (Å²) in [6, 6.07) is 5.44. The van der Waals surface area contributed by atoms with Gasteiger partial charge in [0, 0.05) is 12.6 Å². The standard InChI is InChI=1S/C11H8ClN3O2/c1-15-8-4-6(7-5-13-10(12)14-7)2-3-9(8)17-11(15)16/h2-5H,1H3,(H,13,14). The van der Waals surface area contributed by atoms with E-state index in [4.69, 9.17) is 16.0 Å². The average Bonchev–Trinajstić information content (AvgIpc) is 2.85. The maximum absolute atomic E-state index is 11.3. The first-order valence-corrected chi connectivity index (χ1v) is 5.33. The summed E-state index contributed by atoms with van der Waals surface area (Å²) >= 11 is 5.72. The summed E-state index contributed by atoms with van der Waals surface area (Å²) in [5, 5.41) is 0.334. The zero-order chi connectivity index (χ0) is 12.0. The topological polar surface area (TPSA) is 63.8 Å². The van der Waals surface area contributed by atoms with Crippen molar-refractivity contribution in [3.63, 3.8) is 0 Å². The third-order valence-corrected chi connectivity index (χ3v) is 2.84. The van der Waals surface area contributed by atoms with Crippen LogP contribution < -0.4 is 5.76 Å². The Morgan fingerprint density at radius 3 is 3.00 bits per heavy atom. The summed E-state index contributed by atoms with van der Waals surface area (Å²) in [4.78, 5) is 18.2. The molecule has 0 bridgehead atoms. The Kier molecular flexibility index (Phi) is 2.09. The van der Waals surface area contributed by atoms with Gasteiger partial charge in [-0.1, -0.05) is 0 Å². The normalized spacial score (nSPS) is 11.2. The number of aryl methyl sites for hydroxylation is 1. The molecule has 3 aromatic rings. The minimum Gasteiger partial charge on any atom is -0.408 e. The highest BCUT2D eigenvalue weighted by atomic mass is 35.5. The van der Waals surface area contributed by atoms with E-state index in [0.29, 0.717) is 10.9 Å². The van der Waals surface area contributed by atoms with Crippen molar-refractivity contribution in [3.8, 4) is 11.3 Å². The van der Waals surface area contributed by atoms with Crippen LogP contribution in [0.2, 0.25) is 5.28 Å². The van der Waals surface area contributed by atoms with E-state index >= 15 is 0 Å². The number of aromatic nitrogens is 3. The predicted octanol–water partition coefficient (Wildman–Crippen LogP) is 2.17. The van der Waals surface area contributed by atoms with E-state index in [0.717, 1.165) is 16.8 Å². The monoisotopic (exact) mass is 249 g/mol. The van der Waals surface area contributed by atoms with E-state index in [2.05, 4.69) is 9.97 Å². The molecule has 0 fully saturated rings. The molecule has 1 N–H and O–H groups in total. The van der Waals surface area contributed by atoms with Crippen molar-refractivity contribution in [1.29, 1.82) is 0 Å². The molecule has 0 spiro atoms. The molecule has 17 heavy (non-hydrogen) atoms. The summed E-state index contributed by atoms with van der Waals surface area (Å²) < 4.78 is 6.51. The third kappa shape index (κ3) is 1.55. The lowest BCUT2D eigenvalue weighted by molar-refractivity contribution is 0.528. The van der Waals surface area contributed by atoms with Gasteiger partial charge in [-0.2, -0.15) is 0 Å². The molecule has 6 heteroatoms. The number of imidazole rings is 1. The minimum absolute atomic E-state index is 0.334. The molecule has 86 valence electrons. The summed E-state index contributed by atoms with van der Waals surface area (Å²) in [6.45, 7) is 0. The number of halogens is 1. The van der Waals surface area contributed by atoms with Crippen LogP contribution in [0.15, 0.2) is 33.6 Å². The number of nitrogens with zero attached hydrogens (tertiary/aromatic N) is 2. The predicted molar refractivity (Wildman–Crippen MR) is 64.0 cm³/mol. The van der Waals surface area contributed by atoms with Crippen LogP contribution in [-0.2, 0) is 7.05 Å². The van der Waals surface area contributed by atoms with Crippen LogP contribution in [0.4, 0.5) is 0 Å². The van der Waals surface area contributed by atoms with E-state index in [-0.39, 0.29) is 5.76 Å². The third-order valence-electron chi connectivity index (χ3n) is 2.65. The molecule has 0 atom stereocenters. The van der Waals surface area contributed by atoms with E-state index < -0.39 is 0 Å². The SMILES string of the molecule is Cn1c(=O)oc2ccc(-c3cnc(Cl)[nH]3)cc21. The number of aromatic amines is 1. The van der Waals surface area contributed by atoms with Gasteiger partial charge in [0.2, 0.25) is 0 Å². The number of fused-ring (bicyclic) bond motifs is 1. The van der Waals surface area contributed by atoms with E-state index in [1.54, 1.807) is 19.3 Å². The second-order valence-electron chi connectivity index (χ2n) is 3.70. The first kappa shape index (κ1) is 10.2. The molecule has 0 saturated heterocycles. The summed E-state index contributed by atoms with van der Waals surface area (Å²) in [5.41, 5.74) is 2.99. The molecule has 0 aliphatic rings. The molecular formula is C11H8ClN3O2. The number of hydrogen-bond acceptors (Lipinski definition) is 3. The Labute approximate surface area is 101 Å². The van der Waals surface area contributed by atoms with Crippen LogP contribution in [0.3, 0.4) is 0 Å². The maximum Gasteiger partial charge on any atom is 0.419 e. The fourth-order valence-electron chi connectivity index (χ4n) is 1.74. The Morgan fingerprint density at radius 2 is 2.29 bits per heavy atom. The molecule has 0 aliphatic heterocycles. The fraction of sp³-hybridized carbons (Fsp3) is 0.0909. The largest absolute Gasteiger partial charge is 0.419 e. The van der Waals surface area contributed by atoms with Crippen molar-refractivity contribution in [3.05, 3.63) is 40.2 Å². The first-order valence-electron chi connectivity index (χ1n) is 4.95. The van der Waals surface area contributed by atoms with Crippen molar-refractivity contribution in [2.24, 2.45) is 7.05 Å². The van der Waals surface area contributed by atoms with Gasteiger partial charge in [-0.25, -0.2) is 9.78 Å². The van der Waals surface area contributed by atoms with Gasteiger partial charge in [-0.05, 0) is 29.8 Å². The van der Waals surface area contributed by atoms with Crippen LogP contribution in [0.25, 0.3) is 22.4 Å². The Morgan fingerprint density at radius 1 is 1.47 bits per heavy atom. The Balaban J connectivity index is 2.25. The number of H-pyrrole nitrogens is 1. The van der Waals surface area contributed by atoms with Gasteiger partial charge in [-0.15, -0.1) is 0 Å². The highest BCUT2D eigenvalue weighted by molar-refractivity contribution is 6.28. The van der Waals surface area contributed by atoms with Crippen molar-refractivity contribution in [1.82, 2.24) is 14.5 Å². The molecule has 0 unspecified atom stereocenters. The van der Waals surface area contributed by atoms with E-state index in [9.17, 15) is 4.79 Å². The Hall–Kier alpha value is -2.01. The van der Waals surface area contributed by atoms with E-state index in [1.165, 1.54) is 4.57 Å². The summed E-state index contributed by atoms with van der Waals surface area (Å²) in [6.07, 6.45) is 1.64. The van der Waals surface area contributed by atoms with Gasteiger partial charge in [0.1, 0.15) is 0 Å². The summed E-state index contributed by atoms with van der Waals surface area (Å²) in [7, 11) is 1.66. The number of rotatable bonds is 1. The maximum atomic E-state index is 11.3. The van der Waals surface area contributed by atoms with Gasteiger partial charge in [-0.3, -0.25) is 4.57 Å².